The largest absolute Gasteiger partial charge is 0.486 e. The van der Waals surface area contributed by atoms with Crippen molar-refractivity contribution in [2.75, 3.05) is 11.5 Å². The molecule has 0 amide bonds. The van der Waals surface area contributed by atoms with Crippen LogP contribution in [0.3, 0.4) is 0 Å². The van der Waals surface area contributed by atoms with E-state index >= 15 is 0 Å². The van der Waals surface area contributed by atoms with Crippen LogP contribution in [0.25, 0.3) is 0 Å². The van der Waals surface area contributed by atoms with Crippen LogP contribution in [0.5, 0.6) is 5.75 Å². The summed E-state index contributed by atoms with van der Waals surface area (Å²) in [6, 6.07) is 0.610. The van der Waals surface area contributed by atoms with Crippen LogP contribution in [0.1, 0.15) is 44.6 Å². The first-order valence-corrected chi connectivity index (χ1v) is 7.86. The molecule has 4 heteroatoms. The second kappa shape index (κ2) is 5.34. The van der Waals surface area contributed by atoms with Crippen molar-refractivity contribution in [3.05, 3.63) is 12.4 Å². The molecule has 1 aliphatic heterocycles. The Kier molecular flexibility index (Phi) is 3.60. The monoisotopic (exact) mass is 252 g/mol. The van der Waals surface area contributed by atoms with Gasteiger partial charge in [0.05, 0.1) is 18.4 Å². The second-order valence-electron chi connectivity index (χ2n) is 5.05. The first-order valence-electron chi connectivity index (χ1n) is 6.70. The van der Waals surface area contributed by atoms with Gasteiger partial charge in [0.15, 0.2) is 5.75 Å². The van der Waals surface area contributed by atoms with E-state index in [1.165, 1.54) is 44.3 Å². The molecule has 0 aromatic carbocycles. The number of ether oxygens (including phenoxy) is 1. The minimum absolute atomic E-state index is 0.406. The standard InChI is InChI=1S/C13H20N2OS/c1-2-4-11(5-3-1)15-9-13(8-14-15)16-12-6-7-17-10-12/h8-9,11-12H,1-7,10H2. The van der Waals surface area contributed by atoms with Crippen molar-refractivity contribution in [2.45, 2.75) is 50.7 Å². The van der Waals surface area contributed by atoms with Gasteiger partial charge in [0, 0.05) is 5.75 Å². The van der Waals surface area contributed by atoms with Crippen molar-refractivity contribution in [2.24, 2.45) is 0 Å². The van der Waals surface area contributed by atoms with Crippen LogP contribution in [0, 0.1) is 0 Å². The summed E-state index contributed by atoms with van der Waals surface area (Å²) in [5.74, 6) is 3.33. The van der Waals surface area contributed by atoms with E-state index in [4.69, 9.17) is 4.74 Å². The molecule has 3 nitrogen and oxygen atoms in total. The Hall–Kier alpha value is -0.640. The average molecular weight is 252 g/mol. The summed E-state index contributed by atoms with van der Waals surface area (Å²) in [4.78, 5) is 0. The van der Waals surface area contributed by atoms with Gasteiger partial charge in [-0.15, -0.1) is 0 Å². The number of aromatic nitrogens is 2. The fourth-order valence-corrected chi connectivity index (χ4v) is 3.82. The van der Waals surface area contributed by atoms with Crippen LogP contribution >= 0.6 is 11.8 Å². The lowest BCUT2D eigenvalue weighted by Crippen LogP contribution is -2.15. The molecule has 0 bridgehead atoms. The van der Waals surface area contributed by atoms with Gasteiger partial charge < -0.3 is 4.74 Å². The quantitative estimate of drug-likeness (QED) is 0.826. The van der Waals surface area contributed by atoms with Gasteiger partial charge in [0.25, 0.3) is 0 Å². The van der Waals surface area contributed by atoms with Crippen molar-refractivity contribution in [1.82, 2.24) is 9.78 Å². The lowest BCUT2D eigenvalue weighted by atomic mass is 9.96. The molecule has 17 heavy (non-hydrogen) atoms. The summed E-state index contributed by atoms with van der Waals surface area (Å²) in [5, 5.41) is 4.47. The van der Waals surface area contributed by atoms with E-state index in [1.807, 2.05) is 18.0 Å². The first kappa shape index (κ1) is 11.5. The van der Waals surface area contributed by atoms with Crippen molar-refractivity contribution < 1.29 is 4.74 Å². The highest BCUT2D eigenvalue weighted by Gasteiger charge is 2.19. The lowest BCUT2D eigenvalue weighted by Gasteiger charge is -2.21. The Labute approximate surface area is 107 Å². The zero-order valence-electron chi connectivity index (χ0n) is 10.2. The minimum atomic E-state index is 0.406. The highest BCUT2D eigenvalue weighted by molar-refractivity contribution is 7.99. The molecule has 1 saturated carbocycles. The molecule has 0 radical (unpaired) electrons. The Morgan fingerprint density at radius 1 is 1.24 bits per heavy atom. The van der Waals surface area contributed by atoms with Crippen molar-refractivity contribution in [1.29, 1.82) is 0 Å². The van der Waals surface area contributed by atoms with Crippen molar-refractivity contribution in [3.63, 3.8) is 0 Å². The van der Waals surface area contributed by atoms with Crippen LogP contribution < -0.4 is 4.74 Å². The van der Waals surface area contributed by atoms with Gasteiger partial charge >= 0.3 is 0 Å². The molecule has 1 aromatic rings. The van der Waals surface area contributed by atoms with E-state index in [9.17, 15) is 0 Å². The summed E-state index contributed by atoms with van der Waals surface area (Å²) in [6.07, 6.45) is 12.2. The number of rotatable bonds is 3. The zero-order chi connectivity index (χ0) is 11.5. The van der Waals surface area contributed by atoms with E-state index in [0.29, 0.717) is 12.1 Å². The summed E-state index contributed by atoms with van der Waals surface area (Å²) >= 11 is 1.98. The maximum atomic E-state index is 5.94. The molecule has 2 heterocycles. The molecule has 1 aliphatic carbocycles. The third kappa shape index (κ3) is 2.79. The maximum absolute atomic E-state index is 5.94. The Morgan fingerprint density at radius 3 is 2.88 bits per heavy atom. The molecule has 1 saturated heterocycles. The van der Waals surface area contributed by atoms with Crippen LogP contribution in [-0.2, 0) is 0 Å². The molecule has 2 fully saturated rings. The molecule has 1 aromatic heterocycles. The van der Waals surface area contributed by atoms with Crippen molar-refractivity contribution >= 4 is 11.8 Å². The highest BCUT2D eigenvalue weighted by Crippen LogP contribution is 2.29. The summed E-state index contributed by atoms with van der Waals surface area (Å²) in [7, 11) is 0. The van der Waals surface area contributed by atoms with Gasteiger partial charge in [0.2, 0.25) is 0 Å². The third-order valence-electron chi connectivity index (χ3n) is 3.72. The number of nitrogens with zero attached hydrogens (tertiary/aromatic N) is 2. The Bertz CT molecular complexity index is 354. The minimum Gasteiger partial charge on any atom is -0.486 e. The highest BCUT2D eigenvalue weighted by atomic mass is 32.2. The molecule has 2 aliphatic rings. The summed E-state index contributed by atoms with van der Waals surface area (Å²) in [5.41, 5.74) is 0. The number of hydrogen-bond donors (Lipinski definition) is 0. The molecule has 1 atom stereocenters. The second-order valence-corrected chi connectivity index (χ2v) is 6.20. The van der Waals surface area contributed by atoms with E-state index in [0.717, 1.165) is 11.5 Å². The SMILES string of the molecule is c1nn(C2CCCCC2)cc1OC1CCSC1. The first-order chi connectivity index (χ1) is 8.42. The predicted molar refractivity (Wildman–Crippen MR) is 70.7 cm³/mol. The van der Waals surface area contributed by atoms with Gasteiger partial charge in [-0.05, 0) is 25.0 Å². The molecule has 0 N–H and O–H groups in total. The van der Waals surface area contributed by atoms with Gasteiger partial charge in [-0.1, -0.05) is 19.3 Å². The molecule has 3 rings (SSSR count). The van der Waals surface area contributed by atoms with Crippen LogP contribution in [0.4, 0.5) is 0 Å². The lowest BCUT2D eigenvalue weighted by molar-refractivity contribution is 0.228. The van der Waals surface area contributed by atoms with Crippen LogP contribution in [-0.4, -0.2) is 27.4 Å². The van der Waals surface area contributed by atoms with E-state index in [-0.39, 0.29) is 0 Å². The molecule has 94 valence electrons. The van der Waals surface area contributed by atoms with Gasteiger partial charge in [0.1, 0.15) is 6.10 Å². The van der Waals surface area contributed by atoms with E-state index in [1.54, 1.807) is 0 Å². The number of hydrogen-bond acceptors (Lipinski definition) is 3. The summed E-state index contributed by atoms with van der Waals surface area (Å²) in [6.45, 7) is 0. The third-order valence-corrected chi connectivity index (χ3v) is 4.85. The number of thioether (sulfide) groups is 1. The Morgan fingerprint density at radius 2 is 2.12 bits per heavy atom. The van der Waals surface area contributed by atoms with Crippen molar-refractivity contribution in [3.8, 4) is 5.75 Å². The average Bonchev–Trinajstić information content (AvgIpc) is 3.02. The predicted octanol–water partition coefficient (Wildman–Crippen LogP) is 3.27. The molecular formula is C13H20N2OS. The Balaban J connectivity index is 1.60. The summed E-state index contributed by atoms with van der Waals surface area (Å²) < 4.78 is 8.06. The van der Waals surface area contributed by atoms with Crippen LogP contribution in [0.2, 0.25) is 0 Å². The zero-order valence-corrected chi connectivity index (χ0v) is 11.0. The normalized spacial score (nSPS) is 26.2. The fourth-order valence-electron chi connectivity index (χ4n) is 2.73. The van der Waals surface area contributed by atoms with Crippen LogP contribution in [0.15, 0.2) is 12.4 Å². The van der Waals surface area contributed by atoms with Gasteiger partial charge in [-0.25, -0.2) is 0 Å². The topological polar surface area (TPSA) is 27.1 Å². The van der Waals surface area contributed by atoms with Gasteiger partial charge in [-0.3, -0.25) is 4.68 Å². The van der Waals surface area contributed by atoms with Gasteiger partial charge in [-0.2, -0.15) is 16.9 Å². The van der Waals surface area contributed by atoms with E-state index < -0.39 is 0 Å². The smallest absolute Gasteiger partial charge is 0.157 e. The molecule has 0 spiro atoms. The molecule has 1 unspecified atom stereocenters. The van der Waals surface area contributed by atoms with E-state index in [2.05, 4.69) is 16.0 Å². The molecular weight excluding hydrogens is 232 g/mol. The maximum Gasteiger partial charge on any atom is 0.157 e. The fraction of sp³-hybridized carbons (Fsp3) is 0.769.